The molecule has 1 N–H and O–H groups in total. The van der Waals surface area contributed by atoms with Gasteiger partial charge in [-0.15, -0.1) is 6.58 Å². The molecule has 4 rings (SSSR count). The third-order valence-electron chi connectivity index (χ3n) is 5.87. The van der Waals surface area contributed by atoms with E-state index in [0.29, 0.717) is 13.2 Å². The molecule has 0 aliphatic rings. The molecular weight excluding hydrogens is 446 g/mol. The van der Waals surface area contributed by atoms with Crippen LogP contribution >= 0.6 is 0 Å². The van der Waals surface area contributed by atoms with Crippen molar-refractivity contribution < 1.29 is 9.53 Å². The maximum Gasteiger partial charge on any atom is 0.247 e. The molecule has 0 saturated carbocycles. The van der Waals surface area contributed by atoms with Gasteiger partial charge in [0.25, 0.3) is 0 Å². The fourth-order valence-electron chi connectivity index (χ4n) is 4.00. The van der Waals surface area contributed by atoms with E-state index in [0.717, 1.165) is 34.4 Å². The summed E-state index contributed by atoms with van der Waals surface area (Å²) in [6.07, 6.45) is 6.01. The molecule has 0 aliphatic heterocycles. The summed E-state index contributed by atoms with van der Waals surface area (Å²) < 4.78 is 5.98. The smallest absolute Gasteiger partial charge is 0.247 e. The standard InChI is InChI=1S/C31H31N3O2/c1-2-3-21-36-24-34(29-18-16-27(17-19-29)26-13-8-5-9-14-26)30(28-15-10-20-32-23-28)31(35)33-22-25-11-6-4-7-12-25/h2,4-20,23,30H,1,3,21-22,24H2,(H,33,35). The molecule has 0 aliphatic carbocycles. The molecule has 5 heteroatoms. The van der Waals surface area contributed by atoms with Crippen molar-refractivity contribution in [3.63, 3.8) is 0 Å². The molecule has 1 amide bonds. The molecule has 0 bridgehead atoms. The van der Waals surface area contributed by atoms with E-state index in [1.54, 1.807) is 12.4 Å². The van der Waals surface area contributed by atoms with E-state index in [4.69, 9.17) is 4.74 Å². The molecule has 4 aromatic rings. The number of pyridine rings is 1. The molecule has 5 nitrogen and oxygen atoms in total. The Morgan fingerprint density at radius 1 is 0.917 bits per heavy atom. The average Bonchev–Trinajstić information content (AvgIpc) is 2.95. The van der Waals surface area contributed by atoms with Crippen LogP contribution in [-0.2, 0) is 16.1 Å². The topological polar surface area (TPSA) is 54.5 Å². The van der Waals surface area contributed by atoms with Crippen molar-refractivity contribution in [2.45, 2.75) is 19.0 Å². The number of hydrogen-bond acceptors (Lipinski definition) is 4. The van der Waals surface area contributed by atoms with Gasteiger partial charge in [0.05, 0.1) is 6.61 Å². The average molecular weight is 478 g/mol. The lowest BCUT2D eigenvalue weighted by Crippen LogP contribution is -2.42. The normalized spacial score (nSPS) is 11.4. The fraction of sp³-hybridized carbons (Fsp3) is 0.161. The summed E-state index contributed by atoms with van der Waals surface area (Å²) in [5.41, 5.74) is 4.97. The SMILES string of the molecule is C=CCCOCN(c1ccc(-c2ccccc2)cc1)C(C(=O)NCc1ccccc1)c1cccnc1. The lowest BCUT2D eigenvalue weighted by molar-refractivity contribution is -0.123. The quantitative estimate of drug-likeness (QED) is 0.151. The predicted octanol–water partition coefficient (Wildman–Crippen LogP) is 6.16. The lowest BCUT2D eigenvalue weighted by Gasteiger charge is -2.33. The number of carbonyl (C=O) groups excluding carboxylic acids is 1. The summed E-state index contributed by atoms with van der Waals surface area (Å²) in [6.45, 7) is 4.98. The van der Waals surface area contributed by atoms with Gasteiger partial charge < -0.3 is 15.0 Å². The Hall–Kier alpha value is -4.22. The second kappa shape index (κ2) is 13.0. The minimum atomic E-state index is -0.617. The van der Waals surface area contributed by atoms with Crippen molar-refractivity contribution in [3.05, 3.63) is 133 Å². The number of amides is 1. The highest BCUT2D eigenvalue weighted by molar-refractivity contribution is 5.86. The number of ether oxygens (including phenoxy) is 1. The zero-order chi connectivity index (χ0) is 25.0. The van der Waals surface area contributed by atoms with Crippen LogP contribution in [0.2, 0.25) is 0 Å². The maximum absolute atomic E-state index is 13.7. The Kier molecular flexibility index (Phi) is 9.01. The number of rotatable bonds is 12. The van der Waals surface area contributed by atoms with Crippen molar-refractivity contribution in [1.82, 2.24) is 10.3 Å². The third-order valence-corrected chi connectivity index (χ3v) is 5.87. The molecule has 1 unspecified atom stereocenters. The van der Waals surface area contributed by atoms with E-state index in [2.05, 4.69) is 41.1 Å². The van der Waals surface area contributed by atoms with Gasteiger partial charge in [0.2, 0.25) is 5.91 Å². The third kappa shape index (κ3) is 6.68. The van der Waals surface area contributed by atoms with E-state index in [1.165, 1.54) is 0 Å². The highest BCUT2D eigenvalue weighted by atomic mass is 16.5. The maximum atomic E-state index is 13.7. The summed E-state index contributed by atoms with van der Waals surface area (Å²) in [5.74, 6) is -0.119. The molecule has 0 radical (unpaired) electrons. The Balaban J connectivity index is 1.64. The van der Waals surface area contributed by atoms with Crippen molar-refractivity contribution in [3.8, 4) is 11.1 Å². The Morgan fingerprint density at radius 3 is 2.28 bits per heavy atom. The summed E-state index contributed by atoms with van der Waals surface area (Å²) >= 11 is 0. The largest absolute Gasteiger partial charge is 0.361 e. The predicted molar refractivity (Wildman–Crippen MR) is 145 cm³/mol. The van der Waals surface area contributed by atoms with Crippen LogP contribution in [0.25, 0.3) is 11.1 Å². The fourth-order valence-corrected chi connectivity index (χ4v) is 4.00. The van der Waals surface area contributed by atoms with Gasteiger partial charge in [0.15, 0.2) is 0 Å². The lowest BCUT2D eigenvalue weighted by atomic mass is 10.0. The van der Waals surface area contributed by atoms with Crippen LogP contribution in [0, 0.1) is 0 Å². The highest BCUT2D eigenvalue weighted by Gasteiger charge is 2.28. The highest BCUT2D eigenvalue weighted by Crippen LogP contribution is 2.30. The molecule has 0 saturated heterocycles. The number of nitrogens with zero attached hydrogens (tertiary/aromatic N) is 2. The second-order valence-corrected chi connectivity index (χ2v) is 8.39. The molecule has 36 heavy (non-hydrogen) atoms. The number of aromatic nitrogens is 1. The van der Waals surface area contributed by atoms with Gasteiger partial charge >= 0.3 is 0 Å². The molecule has 0 spiro atoms. The Labute approximate surface area is 213 Å². The van der Waals surface area contributed by atoms with E-state index in [-0.39, 0.29) is 12.6 Å². The first-order chi connectivity index (χ1) is 17.8. The number of benzene rings is 3. The van der Waals surface area contributed by atoms with Crippen molar-refractivity contribution in [2.24, 2.45) is 0 Å². The van der Waals surface area contributed by atoms with E-state index >= 15 is 0 Å². The summed E-state index contributed by atoms with van der Waals surface area (Å²) in [5, 5.41) is 3.11. The minimum absolute atomic E-state index is 0.119. The number of nitrogens with one attached hydrogen (secondary N) is 1. The van der Waals surface area contributed by atoms with Crippen LogP contribution in [0.4, 0.5) is 5.69 Å². The van der Waals surface area contributed by atoms with Crippen LogP contribution in [0.1, 0.15) is 23.6 Å². The van der Waals surface area contributed by atoms with Gasteiger partial charge in [-0.3, -0.25) is 9.78 Å². The first kappa shape index (κ1) is 24.9. The van der Waals surface area contributed by atoms with E-state index < -0.39 is 6.04 Å². The molecule has 1 heterocycles. The van der Waals surface area contributed by atoms with Crippen LogP contribution in [-0.4, -0.2) is 24.2 Å². The summed E-state index contributed by atoms with van der Waals surface area (Å²) in [4.78, 5) is 19.9. The van der Waals surface area contributed by atoms with Crippen LogP contribution in [0.3, 0.4) is 0 Å². The van der Waals surface area contributed by atoms with Crippen LogP contribution in [0.5, 0.6) is 0 Å². The number of carbonyl (C=O) groups is 1. The van der Waals surface area contributed by atoms with E-state index in [9.17, 15) is 4.79 Å². The zero-order valence-electron chi connectivity index (χ0n) is 20.3. The van der Waals surface area contributed by atoms with Gasteiger partial charge in [-0.25, -0.2) is 0 Å². The number of hydrogen-bond donors (Lipinski definition) is 1. The Morgan fingerprint density at radius 2 is 1.61 bits per heavy atom. The summed E-state index contributed by atoms with van der Waals surface area (Å²) in [6, 6.07) is 31.5. The molecule has 0 fully saturated rings. The molecule has 182 valence electrons. The van der Waals surface area contributed by atoms with Crippen molar-refractivity contribution >= 4 is 11.6 Å². The first-order valence-electron chi connectivity index (χ1n) is 12.1. The monoisotopic (exact) mass is 477 g/mol. The van der Waals surface area contributed by atoms with Crippen molar-refractivity contribution in [1.29, 1.82) is 0 Å². The van der Waals surface area contributed by atoms with Crippen molar-refractivity contribution in [2.75, 3.05) is 18.2 Å². The second-order valence-electron chi connectivity index (χ2n) is 8.39. The van der Waals surface area contributed by atoms with Gasteiger partial charge in [-0.05, 0) is 41.3 Å². The van der Waals surface area contributed by atoms with Gasteiger partial charge in [-0.2, -0.15) is 0 Å². The van der Waals surface area contributed by atoms with Crippen LogP contribution < -0.4 is 10.2 Å². The summed E-state index contributed by atoms with van der Waals surface area (Å²) in [7, 11) is 0. The zero-order valence-corrected chi connectivity index (χ0v) is 20.3. The minimum Gasteiger partial charge on any atom is -0.361 e. The van der Waals surface area contributed by atoms with Gasteiger partial charge in [-0.1, -0.05) is 84.9 Å². The Bertz CT molecular complexity index is 1210. The van der Waals surface area contributed by atoms with Gasteiger partial charge in [0.1, 0.15) is 12.8 Å². The molecule has 1 aromatic heterocycles. The first-order valence-corrected chi connectivity index (χ1v) is 12.1. The molecular formula is C31H31N3O2. The molecule has 3 aromatic carbocycles. The van der Waals surface area contributed by atoms with E-state index in [1.807, 2.05) is 83.8 Å². The molecule has 1 atom stereocenters. The van der Waals surface area contributed by atoms with Crippen LogP contribution in [0.15, 0.2) is 122 Å². The number of anilines is 1. The van der Waals surface area contributed by atoms with Gasteiger partial charge in [0, 0.05) is 30.2 Å².